The van der Waals surface area contributed by atoms with Gasteiger partial charge in [0, 0.05) is 25.8 Å². The molecule has 0 radical (unpaired) electrons. The Balaban J connectivity index is 1.53. The maximum Gasteiger partial charge on any atom is 0.0719 e. The fraction of sp³-hybridized carbons (Fsp3) is 0.750. The van der Waals surface area contributed by atoms with Gasteiger partial charge in [0.1, 0.15) is 0 Å². The molecular weight excluding hydrogens is 200 g/mol. The predicted molar refractivity (Wildman–Crippen MR) is 64.1 cm³/mol. The lowest BCUT2D eigenvalue weighted by Crippen LogP contribution is -2.36. The first kappa shape index (κ1) is 10.1. The van der Waals surface area contributed by atoms with Gasteiger partial charge in [-0.2, -0.15) is 5.10 Å². The van der Waals surface area contributed by atoms with Crippen LogP contribution in [0.4, 0.5) is 5.69 Å². The molecule has 0 amide bonds. The monoisotopic (exact) mass is 220 g/mol. The molecule has 4 nitrogen and oxygen atoms in total. The number of likely N-dealkylation sites (tertiary alicyclic amines) is 1. The van der Waals surface area contributed by atoms with E-state index < -0.39 is 0 Å². The maximum atomic E-state index is 5.69. The van der Waals surface area contributed by atoms with E-state index in [-0.39, 0.29) is 0 Å². The Morgan fingerprint density at radius 2 is 2.00 bits per heavy atom. The molecule has 0 atom stereocenters. The molecule has 1 aliphatic heterocycles. The van der Waals surface area contributed by atoms with Crippen LogP contribution in [-0.4, -0.2) is 34.3 Å². The molecule has 3 rings (SSSR count). The van der Waals surface area contributed by atoms with Crippen molar-refractivity contribution in [1.29, 1.82) is 0 Å². The number of piperidine rings is 1. The standard InChI is InChI=1S/C12H20N4/c13-11-7-14-16(9-11)12-3-5-15(6-4-12)8-10-1-2-10/h7,9-10,12H,1-6,8,13H2. The summed E-state index contributed by atoms with van der Waals surface area (Å²) in [5.74, 6) is 1.01. The Morgan fingerprint density at radius 1 is 1.25 bits per heavy atom. The van der Waals surface area contributed by atoms with Gasteiger partial charge in [0.05, 0.1) is 17.9 Å². The molecule has 1 aliphatic carbocycles. The minimum Gasteiger partial charge on any atom is -0.396 e. The van der Waals surface area contributed by atoms with Gasteiger partial charge in [0.25, 0.3) is 0 Å². The van der Waals surface area contributed by atoms with Crippen molar-refractivity contribution in [1.82, 2.24) is 14.7 Å². The topological polar surface area (TPSA) is 47.1 Å². The zero-order valence-corrected chi connectivity index (χ0v) is 9.68. The quantitative estimate of drug-likeness (QED) is 0.840. The van der Waals surface area contributed by atoms with E-state index in [1.165, 1.54) is 45.3 Å². The molecular formula is C12H20N4. The van der Waals surface area contributed by atoms with Crippen molar-refractivity contribution in [2.24, 2.45) is 5.92 Å². The highest BCUT2D eigenvalue weighted by Crippen LogP contribution is 2.31. The summed E-state index contributed by atoms with van der Waals surface area (Å²) >= 11 is 0. The highest BCUT2D eigenvalue weighted by molar-refractivity contribution is 5.30. The van der Waals surface area contributed by atoms with Crippen LogP contribution >= 0.6 is 0 Å². The van der Waals surface area contributed by atoms with Gasteiger partial charge in [0.2, 0.25) is 0 Å². The Bertz CT molecular complexity index is 348. The van der Waals surface area contributed by atoms with E-state index >= 15 is 0 Å². The number of nitrogens with two attached hydrogens (primary N) is 1. The first-order chi connectivity index (χ1) is 7.81. The summed E-state index contributed by atoms with van der Waals surface area (Å²) < 4.78 is 2.05. The number of rotatable bonds is 3. The molecule has 1 aromatic rings. The van der Waals surface area contributed by atoms with Gasteiger partial charge < -0.3 is 10.6 Å². The first-order valence-corrected chi connectivity index (χ1v) is 6.33. The fourth-order valence-electron chi connectivity index (χ4n) is 2.58. The number of aromatic nitrogens is 2. The van der Waals surface area contributed by atoms with Crippen LogP contribution < -0.4 is 5.73 Å². The van der Waals surface area contributed by atoms with Crippen molar-refractivity contribution in [3.05, 3.63) is 12.4 Å². The van der Waals surface area contributed by atoms with Crippen LogP contribution in [0.3, 0.4) is 0 Å². The van der Waals surface area contributed by atoms with Gasteiger partial charge in [0.15, 0.2) is 0 Å². The summed E-state index contributed by atoms with van der Waals surface area (Å²) in [4.78, 5) is 2.61. The average Bonchev–Trinajstić information content (AvgIpc) is 3.00. The fourth-order valence-corrected chi connectivity index (χ4v) is 2.58. The average molecular weight is 220 g/mol. The lowest BCUT2D eigenvalue weighted by atomic mass is 10.1. The third kappa shape index (κ3) is 2.21. The molecule has 2 fully saturated rings. The van der Waals surface area contributed by atoms with Crippen molar-refractivity contribution < 1.29 is 0 Å². The summed E-state index contributed by atoms with van der Waals surface area (Å²) in [5.41, 5.74) is 6.47. The molecule has 1 saturated heterocycles. The van der Waals surface area contributed by atoms with Crippen molar-refractivity contribution in [2.75, 3.05) is 25.4 Å². The summed E-state index contributed by atoms with van der Waals surface area (Å²) in [6.07, 6.45) is 9.05. The van der Waals surface area contributed by atoms with Gasteiger partial charge in [-0.3, -0.25) is 4.68 Å². The summed E-state index contributed by atoms with van der Waals surface area (Å²) in [6.45, 7) is 3.77. The second kappa shape index (κ2) is 4.09. The molecule has 0 bridgehead atoms. The van der Waals surface area contributed by atoms with Crippen LogP contribution in [-0.2, 0) is 0 Å². The minimum atomic E-state index is 0.563. The molecule has 2 aliphatic rings. The van der Waals surface area contributed by atoms with Gasteiger partial charge in [-0.1, -0.05) is 0 Å². The van der Waals surface area contributed by atoms with Crippen LogP contribution in [0.5, 0.6) is 0 Å². The van der Waals surface area contributed by atoms with E-state index in [1.54, 1.807) is 6.20 Å². The van der Waals surface area contributed by atoms with Crippen molar-refractivity contribution in [3.63, 3.8) is 0 Å². The molecule has 1 saturated carbocycles. The molecule has 0 spiro atoms. The third-order valence-electron chi connectivity index (χ3n) is 3.77. The number of hydrogen-bond acceptors (Lipinski definition) is 3. The van der Waals surface area contributed by atoms with Crippen LogP contribution in [0, 0.1) is 5.92 Å². The zero-order valence-electron chi connectivity index (χ0n) is 9.68. The van der Waals surface area contributed by atoms with Gasteiger partial charge in [-0.25, -0.2) is 0 Å². The second-order valence-electron chi connectivity index (χ2n) is 5.23. The van der Waals surface area contributed by atoms with E-state index in [0.29, 0.717) is 6.04 Å². The van der Waals surface area contributed by atoms with Crippen molar-refractivity contribution >= 4 is 5.69 Å². The molecule has 2 heterocycles. The number of anilines is 1. The number of nitrogens with zero attached hydrogens (tertiary/aromatic N) is 3. The smallest absolute Gasteiger partial charge is 0.0719 e. The highest BCUT2D eigenvalue weighted by Gasteiger charge is 2.27. The number of hydrogen-bond donors (Lipinski definition) is 1. The van der Waals surface area contributed by atoms with E-state index in [4.69, 9.17) is 5.73 Å². The Kier molecular flexibility index (Phi) is 2.59. The normalized spacial score (nSPS) is 23.8. The van der Waals surface area contributed by atoms with Crippen LogP contribution in [0.1, 0.15) is 31.7 Å². The van der Waals surface area contributed by atoms with Gasteiger partial charge >= 0.3 is 0 Å². The van der Waals surface area contributed by atoms with Crippen LogP contribution in [0.25, 0.3) is 0 Å². The first-order valence-electron chi connectivity index (χ1n) is 6.33. The van der Waals surface area contributed by atoms with E-state index in [2.05, 4.69) is 10.00 Å². The molecule has 1 aromatic heterocycles. The Labute approximate surface area is 96.4 Å². The minimum absolute atomic E-state index is 0.563. The SMILES string of the molecule is Nc1cnn(C2CCN(CC3CC3)CC2)c1. The maximum absolute atomic E-state index is 5.69. The summed E-state index contributed by atoms with van der Waals surface area (Å²) in [5, 5.41) is 4.31. The zero-order chi connectivity index (χ0) is 11.0. The predicted octanol–water partition coefficient (Wildman–Crippen LogP) is 1.51. The Hall–Kier alpha value is -1.03. The highest BCUT2D eigenvalue weighted by atomic mass is 15.3. The van der Waals surface area contributed by atoms with Crippen LogP contribution in [0.2, 0.25) is 0 Å². The molecule has 2 N–H and O–H groups in total. The summed E-state index contributed by atoms with van der Waals surface area (Å²) in [6, 6.07) is 0.563. The lowest BCUT2D eigenvalue weighted by Gasteiger charge is -2.32. The third-order valence-corrected chi connectivity index (χ3v) is 3.77. The molecule has 88 valence electrons. The Morgan fingerprint density at radius 3 is 2.56 bits per heavy atom. The molecule has 0 aromatic carbocycles. The second-order valence-corrected chi connectivity index (χ2v) is 5.23. The van der Waals surface area contributed by atoms with E-state index in [0.717, 1.165) is 11.6 Å². The van der Waals surface area contributed by atoms with Crippen LogP contribution in [0.15, 0.2) is 12.4 Å². The number of nitrogen functional groups attached to an aromatic ring is 1. The van der Waals surface area contributed by atoms with Crippen molar-refractivity contribution in [3.8, 4) is 0 Å². The summed E-state index contributed by atoms with van der Waals surface area (Å²) in [7, 11) is 0. The lowest BCUT2D eigenvalue weighted by molar-refractivity contribution is 0.174. The van der Waals surface area contributed by atoms with E-state index in [1.807, 2.05) is 10.9 Å². The van der Waals surface area contributed by atoms with E-state index in [9.17, 15) is 0 Å². The van der Waals surface area contributed by atoms with Crippen molar-refractivity contribution in [2.45, 2.75) is 31.7 Å². The van der Waals surface area contributed by atoms with Gasteiger partial charge in [-0.15, -0.1) is 0 Å². The molecule has 4 heteroatoms. The molecule has 0 unspecified atom stereocenters. The largest absolute Gasteiger partial charge is 0.396 e. The molecule has 16 heavy (non-hydrogen) atoms. The van der Waals surface area contributed by atoms with Gasteiger partial charge in [-0.05, 0) is 31.6 Å².